The van der Waals surface area contributed by atoms with Gasteiger partial charge in [0.05, 0.1) is 0 Å². The van der Waals surface area contributed by atoms with Crippen LogP contribution in [0.4, 0.5) is 0 Å². The lowest BCUT2D eigenvalue weighted by Gasteiger charge is -2.21. The predicted octanol–water partition coefficient (Wildman–Crippen LogP) is 3.34. The summed E-state index contributed by atoms with van der Waals surface area (Å²) in [6.45, 7) is 5.51. The lowest BCUT2D eigenvalue weighted by atomic mass is 10.2. The van der Waals surface area contributed by atoms with Gasteiger partial charge in [-0.3, -0.25) is 4.79 Å². The number of carbonyl (C=O) groups is 1. The van der Waals surface area contributed by atoms with E-state index in [9.17, 15) is 4.79 Å². The highest BCUT2D eigenvalue weighted by atomic mass is 35.5. The molecule has 1 fully saturated rings. The maximum Gasteiger partial charge on any atom is 0.226 e. The molecule has 2 atom stereocenters. The molecule has 0 bridgehead atoms. The normalized spacial score (nSPS) is 22.3. The molecule has 2 rings (SSSR count). The molecule has 2 nitrogen and oxygen atoms in total. The van der Waals surface area contributed by atoms with Gasteiger partial charge in [-0.25, -0.2) is 0 Å². The summed E-state index contributed by atoms with van der Waals surface area (Å²) in [6.07, 6.45) is 1.04. The minimum absolute atomic E-state index is 0.248. The van der Waals surface area contributed by atoms with Gasteiger partial charge in [-0.1, -0.05) is 36.7 Å². The molecule has 0 aromatic heterocycles. The summed E-state index contributed by atoms with van der Waals surface area (Å²) in [5.41, 5.74) is 1.03. The molecule has 1 aromatic carbocycles. The number of hydrogen-bond donors (Lipinski definition) is 0. The van der Waals surface area contributed by atoms with Crippen molar-refractivity contribution in [1.29, 1.82) is 0 Å². The topological polar surface area (TPSA) is 20.3 Å². The molecule has 17 heavy (non-hydrogen) atoms. The lowest BCUT2D eigenvalue weighted by molar-refractivity contribution is -0.133. The summed E-state index contributed by atoms with van der Waals surface area (Å²) in [5.74, 6) is 1.08. The molecule has 0 aliphatic heterocycles. The number of amides is 1. The average Bonchev–Trinajstić information content (AvgIpc) is 3.04. The summed E-state index contributed by atoms with van der Waals surface area (Å²) in [6, 6.07) is 7.72. The zero-order valence-electron chi connectivity index (χ0n) is 10.3. The molecule has 1 saturated carbocycles. The molecule has 92 valence electrons. The Balaban J connectivity index is 2.05. The van der Waals surface area contributed by atoms with E-state index in [0.29, 0.717) is 12.5 Å². The first kappa shape index (κ1) is 12.4. The van der Waals surface area contributed by atoms with Crippen LogP contribution in [-0.2, 0) is 11.3 Å². The van der Waals surface area contributed by atoms with Crippen LogP contribution < -0.4 is 0 Å². The highest BCUT2D eigenvalue weighted by molar-refractivity contribution is 6.31. The van der Waals surface area contributed by atoms with Crippen LogP contribution in [-0.4, -0.2) is 17.4 Å². The molecule has 0 radical (unpaired) electrons. The fourth-order valence-corrected chi connectivity index (χ4v) is 2.27. The quantitative estimate of drug-likeness (QED) is 0.804. The summed E-state index contributed by atoms with van der Waals surface area (Å²) in [7, 11) is 0. The SMILES string of the molecule is CCN(Cc1ccccc1Cl)C(=O)C1CC1C. The molecule has 1 aliphatic carbocycles. The molecular weight excluding hydrogens is 234 g/mol. The van der Waals surface area contributed by atoms with Crippen molar-refractivity contribution in [1.82, 2.24) is 4.90 Å². The van der Waals surface area contributed by atoms with Gasteiger partial charge < -0.3 is 4.90 Å². The van der Waals surface area contributed by atoms with Crippen molar-refractivity contribution in [2.24, 2.45) is 11.8 Å². The third-order valence-electron chi connectivity index (χ3n) is 3.44. The van der Waals surface area contributed by atoms with E-state index in [1.165, 1.54) is 0 Å². The van der Waals surface area contributed by atoms with Crippen molar-refractivity contribution < 1.29 is 4.79 Å². The number of rotatable bonds is 4. The summed E-state index contributed by atoms with van der Waals surface area (Å²) in [4.78, 5) is 14.0. The zero-order chi connectivity index (χ0) is 12.4. The minimum Gasteiger partial charge on any atom is -0.338 e. The monoisotopic (exact) mass is 251 g/mol. The molecule has 1 amide bonds. The fourth-order valence-electron chi connectivity index (χ4n) is 2.08. The Labute approximate surface area is 108 Å². The van der Waals surface area contributed by atoms with Crippen LogP contribution >= 0.6 is 11.6 Å². The molecule has 0 spiro atoms. The van der Waals surface area contributed by atoms with Gasteiger partial charge in [0.1, 0.15) is 0 Å². The zero-order valence-corrected chi connectivity index (χ0v) is 11.1. The van der Waals surface area contributed by atoms with Crippen LogP contribution in [0.15, 0.2) is 24.3 Å². The summed E-state index contributed by atoms with van der Waals surface area (Å²) in [5, 5.41) is 0.739. The summed E-state index contributed by atoms with van der Waals surface area (Å²) >= 11 is 6.12. The van der Waals surface area contributed by atoms with Crippen LogP contribution in [0.25, 0.3) is 0 Å². The van der Waals surface area contributed by atoms with E-state index in [-0.39, 0.29) is 11.8 Å². The van der Waals surface area contributed by atoms with Gasteiger partial charge in [0, 0.05) is 24.0 Å². The van der Waals surface area contributed by atoms with Gasteiger partial charge in [0.2, 0.25) is 5.91 Å². The Morgan fingerprint density at radius 2 is 2.12 bits per heavy atom. The molecule has 2 unspecified atom stereocenters. The maximum atomic E-state index is 12.1. The van der Waals surface area contributed by atoms with Crippen molar-refractivity contribution in [2.45, 2.75) is 26.8 Å². The van der Waals surface area contributed by atoms with E-state index >= 15 is 0 Å². The Bertz CT molecular complexity index is 418. The third-order valence-corrected chi connectivity index (χ3v) is 3.81. The van der Waals surface area contributed by atoms with Crippen molar-refractivity contribution in [3.63, 3.8) is 0 Å². The van der Waals surface area contributed by atoms with Crippen molar-refractivity contribution in [3.05, 3.63) is 34.9 Å². The smallest absolute Gasteiger partial charge is 0.226 e. The maximum absolute atomic E-state index is 12.1. The highest BCUT2D eigenvalue weighted by Gasteiger charge is 2.41. The van der Waals surface area contributed by atoms with Crippen molar-refractivity contribution in [3.8, 4) is 0 Å². The van der Waals surface area contributed by atoms with E-state index in [2.05, 4.69) is 6.92 Å². The van der Waals surface area contributed by atoms with Crippen LogP contribution in [0, 0.1) is 11.8 Å². The van der Waals surface area contributed by atoms with Gasteiger partial charge in [0.25, 0.3) is 0 Å². The van der Waals surface area contributed by atoms with Crippen LogP contribution in [0.5, 0.6) is 0 Å². The Morgan fingerprint density at radius 3 is 2.65 bits per heavy atom. The second-order valence-electron chi connectivity index (χ2n) is 4.76. The third kappa shape index (κ3) is 2.81. The standard InChI is InChI=1S/C14H18ClNO/c1-3-16(14(17)12-8-10(12)2)9-11-6-4-5-7-13(11)15/h4-7,10,12H,3,8-9H2,1-2H3. The molecule has 0 saturated heterocycles. The second-order valence-corrected chi connectivity index (χ2v) is 5.17. The number of hydrogen-bond acceptors (Lipinski definition) is 1. The first-order valence-electron chi connectivity index (χ1n) is 6.15. The van der Waals surface area contributed by atoms with Crippen LogP contribution in [0.1, 0.15) is 25.8 Å². The largest absolute Gasteiger partial charge is 0.338 e. The Hall–Kier alpha value is -1.02. The van der Waals surface area contributed by atoms with E-state index in [0.717, 1.165) is 23.6 Å². The molecule has 3 heteroatoms. The predicted molar refractivity (Wildman–Crippen MR) is 69.8 cm³/mol. The highest BCUT2D eigenvalue weighted by Crippen LogP contribution is 2.39. The number of nitrogens with zero attached hydrogens (tertiary/aromatic N) is 1. The van der Waals surface area contributed by atoms with Gasteiger partial charge in [-0.15, -0.1) is 0 Å². The molecule has 1 aliphatic rings. The van der Waals surface area contributed by atoms with E-state index in [4.69, 9.17) is 11.6 Å². The number of carbonyl (C=O) groups excluding carboxylic acids is 1. The molecule has 1 aromatic rings. The van der Waals surface area contributed by atoms with Gasteiger partial charge in [-0.2, -0.15) is 0 Å². The number of halogens is 1. The Kier molecular flexibility index (Phi) is 3.72. The van der Waals surface area contributed by atoms with Crippen LogP contribution in [0.2, 0.25) is 5.02 Å². The molecule has 0 N–H and O–H groups in total. The second kappa shape index (κ2) is 5.09. The lowest BCUT2D eigenvalue weighted by Crippen LogP contribution is -2.32. The Morgan fingerprint density at radius 1 is 1.47 bits per heavy atom. The van der Waals surface area contributed by atoms with Gasteiger partial charge in [0.15, 0.2) is 0 Å². The van der Waals surface area contributed by atoms with E-state index in [1.54, 1.807) is 0 Å². The van der Waals surface area contributed by atoms with Gasteiger partial charge >= 0.3 is 0 Å². The van der Waals surface area contributed by atoms with Crippen LogP contribution in [0.3, 0.4) is 0 Å². The fraction of sp³-hybridized carbons (Fsp3) is 0.500. The van der Waals surface area contributed by atoms with E-state index < -0.39 is 0 Å². The first-order valence-corrected chi connectivity index (χ1v) is 6.53. The molecular formula is C14H18ClNO. The molecule has 0 heterocycles. The first-order chi connectivity index (χ1) is 8.13. The van der Waals surface area contributed by atoms with E-state index in [1.807, 2.05) is 36.1 Å². The van der Waals surface area contributed by atoms with Gasteiger partial charge in [-0.05, 0) is 30.9 Å². The summed E-state index contributed by atoms with van der Waals surface area (Å²) < 4.78 is 0. The minimum atomic E-state index is 0.248. The number of benzene rings is 1. The van der Waals surface area contributed by atoms with Crippen molar-refractivity contribution in [2.75, 3.05) is 6.54 Å². The van der Waals surface area contributed by atoms with Crippen molar-refractivity contribution >= 4 is 17.5 Å². The average molecular weight is 252 g/mol.